The van der Waals surface area contributed by atoms with E-state index in [1.54, 1.807) is 95.3 Å². The molecule has 0 aliphatic rings. The van der Waals surface area contributed by atoms with Crippen molar-refractivity contribution in [3.63, 3.8) is 0 Å². The van der Waals surface area contributed by atoms with Crippen LogP contribution in [0.5, 0.6) is 11.5 Å². The predicted molar refractivity (Wildman–Crippen MR) is 230 cm³/mol. The number of hydrogen-bond donors (Lipinski definition) is 7. The number of carboxylic acid groups (broad SMARTS) is 1. The van der Waals surface area contributed by atoms with Gasteiger partial charge >= 0.3 is 11.9 Å². The predicted octanol–water partition coefficient (Wildman–Crippen LogP) is 2.76. The Morgan fingerprint density at radius 1 is 0.887 bits per heavy atom. The number of nitrogens with one attached hydrogen (secondary N) is 4. The van der Waals surface area contributed by atoms with Crippen molar-refractivity contribution in [3.05, 3.63) is 95.8 Å². The number of para-hydroxylation sites is 1. The van der Waals surface area contributed by atoms with E-state index in [4.69, 9.17) is 20.9 Å². The Morgan fingerprint density at radius 2 is 1.53 bits per heavy atom. The van der Waals surface area contributed by atoms with Gasteiger partial charge in [-0.3, -0.25) is 24.0 Å². The SMILES string of the molecule is CC(C)[C@H](NC(=O)[C@@H](Cc1ccccc1)N(C)C(=O)[C@H](CC(=O)OC(C)(C)C)NC(=O)CNC(=O)[C@@H](N)CCCNC(N)=NCc1ccc(F)c(Oc2ccccc2)c1)C(=O)O. The number of guanidine groups is 1. The number of nitrogens with two attached hydrogens (primary N) is 2. The molecule has 0 saturated heterocycles. The van der Waals surface area contributed by atoms with Crippen molar-refractivity contribution in [1.82, 2.24) is 26.2 Å². The van der Waals surface area contributed by atoms with Gasteiger partial charge in [-0.15, -0.1) is 0 Å². The molecule has 336 valence electrons. The van der Waals surface area contributed by atoms with E-state index in [1.165, 1.54) is 19.2 Å². The van der Waals surface area contributed by atoms with Crippen LogP contribution in [-0.2, 0) is 46.5 Å². The molecular formula is C44H59FN8O9. The second-order valence-electron chi connectivity index (χ2n) is 15.9. The normalized spacial score (nSPS) is 13.5. The zero-order chi connectivity index (χ0) is 46.0. The van der Waals surface area contributed by atoms with Gasteiger partial charge in [0.05, 0.1) is 25.6 Å². The molecule has 0 aliphatic carbocycles. The third kappa shape index (κ3) is 17.2. The van der Waals surface area contributed by atoms with Crippen molar-refractivity contribution in [1.29, 1.82) is 0 Å². The minimum absolute atomic E-state index is 0.0164. The molecule has 0 fully saturated rings. The van der Waals surface area contributed by atoms with Crippen LogP contribution in [0, 0.1) is 11.7 Å². The third-order valence-electron chi connectivity index (χ3n) is 9.20. The number of aliphatic imine (C=N–C) groups is 1. The molecule has 62 heavy (non-hydrogen) atoms. The maximum atomic E-state index is 14.3. The lowest BCUT2D eigenvalue weighted by Crippen LogP contribution is -2.58. The van der Waals surface area contributed by atoms with Crippen LogP contribution in [0.3, 0.4) is 0 Å². The Kier molecular flexibility index (Phi) is 19.3. The van der Waals surface area contributed by atoms with Crippen LogP contribution < -0.4 is 37.5 Å². The van der Waals surface area contributed by atoms with Gasteiger partial charge in [-0.2, -0.15) is 0 Å². The van der Waals surface area contributed by atoms with Crippen LogP contribution in [0.1, 0.15) is 65.0 Å². The fourth-order valence-electron chi connectivity index (χ4n) is 5.94. The molecular weight excluding hydrogens is 804 g/mol. The summed E-state index contributed by atoms with van der Waals surface area (Å²) < 4.78 is 25.4. The zero-order valence-corrected chi connectivity index (χ0v) is 36.0. The number of nitrogens with zero attached hydrogens (tertiary/aromatic N) is 2. The molecule has 0 radical (unpaired) electrons. The van der Waals surface area contributed by atoms with Gasteiger partial charge < -0.3 is 52.2 Å². The number of carbonyl (C=O) groups is 6. The number of esters is 1. The number of ether oxygens (including phenoxy) is 2. The first kappa shape index (κ1) is 49.8. The average molecular weight is 863 g/mol. The van der Waals surface area contributed by atoms with Crippen molar-refractivity contribution in [3.8, 4) is 11.5 Å². The highest BCUT2D eigenvalue weighted by molar-refractivity contribution is 5.96. The van der Waals surface area contributed by atoms with Crippen molar-refractivity contribution < 1.29 is 47.7 Å². The fourth-order valence-corrected chi connectivity index (χ4v) is 5.94. The molecule has 4 atom stereocenters. The molecule has 0 aromatic heterocycles. The van der Waals surface area contributed by atoms with Crippen molar-refractivity contribution >= 4 is 41.5 Å². The number of carboxylic acids is 1. The lowest BCUT2D eigenvalue weighted by atomic mass is 10.00. The number of rotatable bonds is 22. The smallest absolute Gasteiger partial charge is 0.326 e. The second-order valence-corrected chi connectivity index (χ2v) is 15.9. The Morgan fingerprint density at radius 3 is 2.15 bits per heavy atom. The van der Waals surface area contributed by atoms with Gasteiger partial charge in [0.1, 0.15) is 29.5 Å². The first-order chi connectivity index (χ1) is 29.2. The first-order valence-electron chi connectivity index (χ1n) is 20.2. The van der Waals surface area contributed by atoms with Crippen LogP contribution in [0.15, 0.2) is 83.9 Å². The number of carbonyl (C=O) groups excluding carboxylic acids is 5. The summed E-state index contributed by atoms with van der Waals surface area (Å²) in [6, 6.07) is 16.8. The molecule has 3 aromatic rings. The molecule has 0 bridgehead atoms. The van der Waals surface area contributed by atoms with Gasteiger partial charge in [0, 0.05) is 20.0 Å². The van der Waals surface area contributed by atoms with Crippen LogP contribution >= 0.6 is 0 Å². The lowest BCUT2D eigenvalue weighted by Gasteiger charge is -2.32. The minimum Gasteiger partial charge on any atom is -0.480 e. The molecule has 0 aliphatic heterocycles. The summed E-state index contributed by atoms with van der Waals surface area (Å²) in [6.45, 7) is 8.00. The monoisotopic (exact) mass is 862 g/mol. The van der Waals surface area contributed by atoms with Crippen molar-refractivity contribution in [2.75, 3.05) is 20.1 Å². The van der Waals surface area contributed by atoms with Gasteiger partial charge in [-0.25, -0.2) is 14.2 Å². The second kappa shape index (κ2) is 24.0. The Labute approximate surface area is 361 Å². The molecule has 17 nitrogen and oxygen atoms in total. The molecule has 9 N–H and O–H groups in total. The van der Waals surface area contributed by atoms with Gasteiger partial charge in [-0.1, -0.05) is 68.4 Å². The molecule has 4 amide bonds. The number of hydrogen-bond acceptors (Lipinski definition) is 10. The molecule has 0 saturated carbocycles. The number of aliphatic carboxylic acids is 1. The minimum atomic E-state index is -1.54. The maximum absolute atomic E-state index is 14.3. The van der Waals surface area contributed by atoms with Crippen LogP contribution in [0.25, 0.3) is 0 Å². The molecule has 18 heteroatoms. The van der Waals surface area contributed by atoms with Crippen LogP contribution in [0.4, 0.5) is 4.39 Å². The van der Waals surface area contributed by atoms with E-state index in [0.717, 1.165) is 4.90 Å². The summed E-state index contributed by atoms with van der Waals surface area (Å²) in [5.41, 5.74) is 12.5. The van der Waals surface area contributed by atoms with Crippen molar-refractivity contribution in [2.45, 2.75) is 96.6 Å². The first-order valence-corrected chi connectivity index (χ1v) is 20.2. The van der Waals surface area contributed by atoms with Gasteiger partial charge in [0.2, 0.25) is 23.6 Å². The quantitative estimate of drug-likeness (QED) is 0.0333. The fraction of sp³-hybridized carbons (Fsp3) is 0.432. The summed E-state index contributed by atoms with van der Waals surface area (Å²) in [4.78, 5) is 83.9. The highest BCUT2D eigenvalue weighted by Gasteiger charge is 2.36. The third-order valence-corrected chi connectivity index (χ3v) is 9.20. The lowest BCUT2D eigenvalue weighted by molar-refractivity contribution is -0.158. The molecule has 0 spiro atoms. The number of halogens is 1. The largest absolute Gasteiger partial charge is 0.480 e. The summed E-state index contributed by atoms with van der Waals surface area (Å²) in [5.74, 6) is -5.52. The molecule has 3 aromatic carbocycles. The number of amides is 4. The maximum Gasteiger partial charge on any atom is 0.326 e. The topological polar surface area (TPSA) is 257 Å². The van der Waals surface area contributed by atoms with Gasteiger partial charge in [0.15, 0.2) is 17.5 Å². The van der Waals surface area contributed by atoms with E-state index in [2.05, 4.69) is 26.3 Å². The Balaban J connectivity index is 1.59. The number of likely N-dealkylation sites (N-methyl/N-ethyl adjacent to an activating group) is 1. The van der Waals surface area contributed by atoms with E-state index >= 15 is 0 Å². The van der Waals surface area contributed by atoms with E-state index < -0.39 is 90.0 Å². The van der Waals surface area contributed by atoms with Crippen molar-refractivity contribution in [2.24, 2.45) is 22.4 Å². The van der Waals surface area contributed by atoms with Gasteiger partial charge in [0.25, 0.3) is 0 Å². The summed E-state index contributed by atoms with van der Waals surface area (Å²) in [5, 5.41) is 20.1. The Hall–Kier alpha value is -6.56. The standard InChI is InChI=1S/C44H59FN8O9/c1-27(2)38(42(59)60)52-40(57)34(22-28-14-9-7-10-15-28)53(6)41(58)33(24-37(55)62-44(3,4)5)51-36(54)26-49-39(56)32(46)18-13-21-48-43(47)50-25-29-19-20-31(45)35(23-29)61-30-16-11-8-12-17-30/h7-12,14-17,19-20,23,27,32-34,38H,13,18,21-22,24-26,46H2,1-6H3,(H,49,56)(H,51,54)(H,52,57)(H,59,60)(H3,47,48,50)/t32-,33-,34+,38-/m0/s1. The van der Waals surface area contributed by atoms with E-state index in [1.807, 2.05) is 6.07 Å². The average Bonchev–Trinajstić information content (AvgIpc) is 3.21. The molecule has 0 heterocycles. The summed E-state index contributed by atoms with van der Waals surface area (Å²) >= 11 is 0. The summed E-state index contributed by atoms with van der Waals surface area (Å²) in [7, 11) is 1.31. The molecule has 3 rings (SSSR count). The highest BCUT2D eigenvalue weighted by Crippen LogP contribution is 2.25. The number of benzene rings is 3. The van der Waals surface area contributed by atoms with E-state index in [-0.39, 0.29) is 31.1 Å². The van der Waals surface area contributed by atoms with Crippen LogP contribution in [-0.4, -0.2) is 101 Å². The highest BCUT2D eigenvalue weighted by atomic mass is 19.1. The zero-order valence-electron chi connectivity index (χ0n) is 36.0. The summed E-state index contributed by atoms with van der Waals surface area (Å²) in [6.07, 6.45) is -0.0437. The molecule has 0 unspecified atom stereocenters. The van der Waals surface area contributed by atoms with Gasteiger partial charge in [-0.05, 0) is 74.9 Å². The van der Waals surface area contributed by atoms with E-state index in [0.29, 0.717) is 29.8 Å². The van der Waals surface area contributed by atoms with Crippen LogP contribution in [0.2, 0.25) is 0 Å². The van der Waals surface area contributed by atoms with E-state index in [9.17, 15) is 38.3 Å². The Bertz CT molecular complexity index is 2010.